The number of rotatable bonds is 5. The van der Waals surface area contributed by atoms with Crippen LogP contribution in [0.3, 0.4) is 0 Å². The first-order chi connectivity index (χ1) is 12.8. The predicted octanol–water partition coefficient (Wildman–Crippen LogP) is 2.36. The molecule has 26 heavy (non-hydrogen) atoms. The van der Waals surface area contributed by atoms with Crippen LogP contribution >= 0.6 is 0 Å². The molecule has 3 aromatic rings. The summed E-state index contributed by atoms with van der Waals surface area (Å²) in [4.78, 5) is 8.67. The lowest BCUT2D eigenvalue weighted by molar-refractivity contribution is 0.414. The topological polar surface area (TPSA) is 89.2 Å². The fourth-order valence-corrected chi connectivity index (χ4v) is 3.06. The molecule has 8 heteroatoms. The Kier molecular flexibility index (Phi) is 4.74. The number of ether oxygens (including phenoxy) is 1. The summed E-state index contributed by atoms with van der Waals surface area (Å²) in [5.74, 6) is 1.40. The number of piperidine rings is 1. The number of hydrogen-bond donors (Lipinski definition) is 2. The first-order valence-electron chi connectivity index (χ1n) is 8.71. The highest BCUT2D eigenvalue weighted by molar-refractivity contribution is 5.87. The number of aromatic nitrogens is 4. The van der Waals surface area contributed by atoms with Crippen molar-refractivity contribution in [1.29, 1.82) is 0 Å². The van der Waals surface area contributed by atoms with E-state index in [-0.39, 0.29) is 0 Å². The van der Waals surface area contributed by atoms with E-state index in [0.717, 1.165) is 29.8 Å². The van der Waals surface area contributed by atoms with Crippen LogP contribution in [-0.4, -0.2) is 45.7 Å². The minimum Gasteiger partial charge on any atom is -0.497 e. The summed E-state index contributed by atoms with van der Waals surface area (Å²) in [6.07, 6.45) is 8.73. The van der Waals surface area contributed by atoms with Gasteiger partial charge in [0.1, 0.15) is 12.1 Å². The lowest BCUT2D eigenvalue weighted by atomic mass is 10.1. The van der Waals surface area contributed by atoms with Gasteiger partial charge in [-0.25, -0.2) is 14.6 Å². The zero-order chi connectivity index (χ0) is 17.8. The van der Waals surface area contributed by atoms with Crippen LogP contribution in [0.5, 0.6) is 5.75 Å². The highest BCUT2D eigenvalue weighted by Crippen LogP contribution is 2.23. The Morgan fingerprint density at radius 2 is 2.31 bits per heavy atom. The second-order valence-electron chi connectivity index (χ2n) is 6.16. The summed E-state index contributed by atoms with van der Waals surface area (Å²) in [6, 6.07) is 7.99. The van der Waals surface area contributed by atoms with Crippen LogP contribution in [0, 0.1) is 0 Å². The van der Waals surface area contributed by atoms with Crippen LogP contribution in [0.25, 0.3) is 16.7 Å². The van der Waals surface area contributed by atoms with Crippen LogP contribution in [0.4, 0.5) is 5.82 Å². The van der Waals surface area contributed by atoms with Crippen LogP contribution in [0.2, 0.25) is 0 Å². The smallest absolute Gasteiger partial charge is 0.168 e. The molecular weight excluding hydrogens is 330 g/mol. The molecule has 2 N–H and O–H groups in total. The van der Waals surface area contributed by atoms with Crippen LogP contribution in [0.15, 0.2) is 41.9 Å². The third kappa shape index (κ3) is 3.36. The Balaban J connectivity index is 1.59. The second kappa shape index (κ2) is 7.49. The number of benzene rings is 1. The summed E-state index contributed by atoms with van der Waals surface area (Å²) < 4.78 is 7.05. The Hall–Kier alpha value is -3.00. The quantitative estimate of drug-likeness (QED) is 0.542. The normalized spacial score (nSPS) is 17.7. The van der Waals surface area contributed by atoms with Gasteiger partial charge in [-0.3, -0.25) is 5.43 Å². The Labute approximate surface area is 151 Å². The Morgan fingerprint density at radius 1 is 1.35 bits per heavy atom. The summed E-state index contributed by atoms with van der Waals surface area (Å²) in [5.41, 5.74) is 4.61. The lowest BCUT2D eigenvalue weighted by Gasteiger charge is -2.19. The van der Waals surface area contributed by atoms with E-state index < -0.39 is 0 Å². The van der Waals surface area contributed by atoms with Gasteiger partial charge in [-0.2, -0.15) is 10.2 Å². The molecule has 1 fully saturated rings. The van der Waals surface area contributed by atoms with Crippen LogP contribution in [-0.2, 0) is 0 Å². The molecule has 8 nitrogen and oxygen atoms in total. The molecule has 0 amide bonds. The molecule has 1 atom stereocenters. The van der Waals surface area contributed by atoms with Gasteiger partial charge in [-0.15, -0.1) is 0 Å². The van der Waals surface area contributed by atoms with E-state index in [4.69, 9.17) is 4.74 Å². The zero-order valence-electron chi connectivity index (χ0n) is 14.6. The molecule has 1 aliphatic heterocycles. The molecule has 1 saturated heterocycles. The average Bonchev–Trinajstić information content (AvgIpc) is 3.14. The van der Waals surface area contributed by atoms with Gasteiger partial charge in [-0.05, 0) is 31.5 Å². The van der Waals surface area contributed by atoms with Gasteiger partial charge in [-0.1, -0.05) is 12.5 Å². The third-order valence-electron chi connectivity index (χ3n) is 4.44. The van der Waals surface area contributed by atoms with Crippen LogP contribution < -0.4 is 15.5 Å². The summed E-state index contributed by atoms with van der Waals surface area (Å²) in [6.45, 7) is 1.04. The maximum Gasteiger partial charge on any atom is 0.168 e. The van der Waals surface area contributed by atoms with E-state index >= 15 is 0 Å². The molecule has 0 radical (unpaired) electrons. The zero-order valence-corrected chi connectivity index (χ0v) is 14.6. The van der Waals surface area contributed by atoms with Crippen molar-refractivity contribution >= 4 is 23.1 Å². The molecule has 1 aromatic carbocycles. The van der Waals surface area contributed by atoms with Gasteiger partial charge < -0.3 is 10.1 Å². The van der Waals surface area contributed by atoms with E-state index in [2.05, 4.69) is 30.9 Å². The van der Waals surface area contributed by atoms with Crippen molar-refractivity contribution in [3.8, 4) is 11.4 Å². The number of nitrogens with one attached hydrogen (secondary N) is 2. The van der Waals surface area contributed by atoms with Crippen molar-refractivity contribution in [2.45, 2.75) is 25.3 Å². The fourth-order valence-electron chi connectivity index (χ4n) is 3.06. The third-order valence-corrected chi connectivity index (χ3v) is 4.44. The lowest BCUT2D eigenvalue weighted by Crippen LogP contribution is -2.35. The molecular formula is C18H21N7O. The molecule has 3 heterocycles. The molecule has 0 bridgehead atoms. The van der Waals surface area contributed by atoms with Gasteiger partial charge >= 0.3 is 0 Å². The highest BCUT2D eigenvalue weighted by atomic mass is 16.5. The molecule has 1 aliphatic rings. The van der Waals surface area contributed by atoms with Crippen molar-refractivity contribution in [3.63, 3.8) is 0 Å². The maximum absolute atomic E-state index is 5.29. The van der Waals surface area contributed by atoms with E-state index in [9.17, 15) is 0 Å². The van der Waals surface area contributed by atoms with Crippen molar-refractivity contribution in [3.05, 3.63) is 36.8 Å². The van der Waals surface area contributed by atoms with Gasteiger partial charge in [0, 0.05) is 18.3 Å². The minimum atomic E-state index is 0.313. The Bertz CT molecular complexity index is 915. The van der Waals surface area contributed by atoms with E-state index in [1.165, 1.54) is 19.2 Å². The number of hydrazone groups is 1. The first kappa shape index (κ1) is 16.5. The monoisotopic (exact) mass is 351 g/mol. The molecule has 134 valence electrons. The van der Waals surface area contributed by atoms with Crippen molar-refractivity contribution in [2.24, 2.45) is 5.10 Å². The minimum absolute atomic E-state index is 0.313. The van der Waals surface area contributed by atoms with E-state index in [1.807, 2.05) is 30.5 Å². The van der Waals surface area contributed by atoms with Gasteiger partial charge in [0.25, 0.3) is 0 Å². The predicted molar refractivity (Wildman–Crippen MR) is 101 cm³/mol. The number of hydrogen-bond acceptors (Lipinski definition) is 7. The van der Waals surface area contributed by atoms with E-state index in [0.29, 0.717) is 17.5 Å². The number of nitrogens with zero attached hydrogens (tertiary/aromatic N) is 5. The SMILES string of the molecule is COc1cccc(-n2ncc3c(NN=CC4CCCCN4)ncnc32)c1. The van der Waals surface area contributed by atoms with Crippen molar-refractivity contribution in [1.82, 2.24) is 25.1 Å². The molecule has 0 spiro atoms. The second-order valence-corrected chi connectivity index (χ2v) is 6.16. The molecule has 1 unspecified atom stereocenters. The van der Waals surface area contributed by atoms with Gasteiger partial charge in [0.2, 0.25) is 0 Å². The van der Waals surface area contributed by atoms with Crippen LogP contribution in [0.1, 0.15) is 19.3 Å². The number of anilines is 1. The standard InChI is InChI=1S/C18H21N7O/c1-26-15-7-4-6-14(9-15)25-18-16(11-23-25)17(20-12-21-18)24-22-10-13-5-2-3-8-19-13/h4,6-7,9-13,19H,2-3,5,8H2,1H3,(H,20,21,24). The number of methoxy groups -OCH3 is 1. The summed E-state index contributed by atoms with van der Waals surface area (Å²) >= 11 is 0. The first-order valence-corrected chi connectivity index (χ1v) is 8.71. The number of fused-ring (bicyclic) bond motifs is 1. The maximum atomic E-state index is 5.29. The average molecular weight is 351 g/mol. The van der Waals surface area contributed by atoms with Gasteiger partial charge in [0.05, 0.1) is 24.4 Å². The molecule has 4 rings (SSSR count). The van der Waals surface area contributed by atoms with Crippen molar-refractivity contribution < 1.29 is 4.74 Å². The highest BCUT2D eigenvalue weighted by Gasteiger charge is 2.12. The fraction of sp³-hybridized carbons (Fsp3) is 0.333. The molecule has 0 aliphatic carbocycles. The van der Waals surface area contributed by atoms with Gasteiger partial charge in [0.15, 0.2) is 11.5 Å². The molecule has 0 saturated carbocycles. The van der Waals surface area contributed by atoms with Crippen molar-refractivity contribution in [2.75, 3.05) is 19.1 Å². The summed E-state index contributed by atoms with van der Waals surface area (Å²) in [5, 5.41) is 13.0. The Morgan fingerprint density at radius 3 is 3.15 bits per heavy atom. The summed E-state index contributed by atoms with van der Waals surface area (Å²) in [7, 11) is 1.64. The largest absolute Gasteiger partial charge is 0.497 e. The van der Waals surface area contributed by atoms with E-state index in [1.54, 1.807) is 18.0 Å². The molecule has 2 aromatic heterocycles.